The first-order valence-corrected chi connectivity index (χ1v) is 6.96. The zero-order valence-corrected chi connectivity index (χ0v) is 12.8. The summed E-state index contributed by atoms with van der Waals surface area (Å²) in [6.07, 6.45) is -0.839. The molecule has 2 aromatic carbocycles. The third kappa shape index (κ3) is 2.99. The molecule has 1 unspecified atom stereocenters. The fourth-order valence-corrected chi connectivity index (χ4v) is 3.03. The number of halogens is 3. The van der Waals surface area contributed by atoms with Gasteiger partial charge in [-0.1, -0.05) is 44.0 Å². The van der Waals surface area contributed by atoms with Crippen molar-refractivity contribution in [2.45, 2.75) is 13.0 Å². The molecule has 0 fully saturated rings. The maximum Gasteiger partial charge on any atom is 0.126 e. The van der Waals surface area contributed by atoms with Crippen LogP contribution in [0.3, 0.4) is 0 Å². The average Bonchev–Trinajstić information content (AvgIpc) is 2.30. The fraction of sp³-hybridized carbons (Fsp3) is 0.143. The number of aliphatic hydroxyl groups excluding tert-OH is 1. The van der Waals surface area contributed by atoms with Gasteiger partial charge in [-0.3, -0.25) is 0 Å². The van der Waals surface area contributed by atoms with E-state index in [0.717, 1.165) is 8.95 Å². The van der Waals surface area contributed by atoms with Crippen molar-refractivity contribution in [3.63, 3.8) is 0 Å². The van der Waals surface area contributed by atoms with Crippen LogP contribution in [0.4, 0.5) is 4.39 Å². The SMILES string of the molecule is Cc1ccc(C(O)c2cc(Br)cc(Br)c2)cc1F. The topological polar surface area (TPSA) is 20.2 Å². The molecule has 2 aromatic rings. The molecule has 0 saturated heterocycles. The van der Waals surface area contributed by atoms with E-state index in [2.05, 4.69) is 31.9 Å². The number of hydrogen-bond acceptors (Lipinski definition) is 1. The highest BCUT2D eigenvalue weighted by Crippen LogP contribution is 2.28. The Kier molecular flexibility index (Phi) is 4.20. The van der Waals surface area contributed by atoms with Gasteiger partial charge in [-0.05, 0) is 47.9 Å². The Labute approximate surface area is 122 Å². The van der Waals surface area contributed by atoms with E-state index in [1.807, 2.05) is 18.2 Å². The second-order valence-electron chi connectivity index (χ2n) is 4.11. The number of benzene rings is 2. The lowest BCUT2D eigenvalue weighted by Gasteiger charge is -2.13. The zero-order chi connectivity index (χ0) is 13.3. The summed E-state index contributed by atoms with van der Waals surface area (Å²) in [5.41, 5.74) is 1.82. The molecule has 0 saturated carbocycles. The monoisotopic (exact) mass is 372 g/mol. The van der Waals surface area contributed by atoms with E-state index < -0.39 is 6.10 Å². The molecule has 0 aliphatic carbocycles. The van der Waals surface area contributed by atoms with Gasteiger partial charge in [-0.2, -0.15) is 0 Å². The average molecular weight is 374 g/mol. The van der Waals surface area contributed by atoms with Crippen molar-refractivity contribution in [1.29, 1.82) is 0 Å². The maximum absolute atomic E-state index is 13.5. The van der Waals surface area contributed by atoms with Gasteiger partial charge in [0.05, 0.1) is 0 Å². The van der Waals surface area contributed by atoms with Crippen molar-refractivity contribution < 1.29 is 9.50 Å². The molecule has 4 heteroatoms. The van der Waals surface area contributed by atoms with Crippen LogP contribution in [0.25, 0.3) is 0 Å². The summed E-state index contributed by atoms with van der Waals surface area (Å²) in [5.74, 6) is -0.305. The lowest BCUT2D eigenvalue weighted by atomic mass is 10.0. The van der Waals surface area contributed by atoms with Crippen molar-refractivity contribution in [3.05, 3.63) is 67.9 Å². The van der Waals surface area contributed by atoms with Gasteiger partial charge in [-0.25, -0.2) is 4.39 Å². The van der Waals surface area contributed by atoms with E-state index in [1.165, 1.54) is 6.07 Å². The quantitative estimate of drug-likeness (QED) is 0.805. The van der Waals surface area contributed by atoms with Crippen LogP contribution < -0.4 is 0 Å². The summed E-state index contributed by atoms with van der Waals surface area (Å²) in [4.78, 5) is 0. The highest BCUT2D eigenvalue weighted by Gasteiger charge is 2.13. The molecule has 0 amide bonds. The third-order valence-electron chi connectivity index (χ3n) is 2.71. The molecule has 1 N–H and O–H groups in total. The Hall–Kier alpha value is -0.710. The number of hydrogen-bond donors (Lipinski definition) is 1. The van der Waals surface area contributed by atoms with E-state index in [1.54, 1.807) is 19.1 Å². The molecule has 0 heterocycles. The van der Waals surface area contributed by atoms with Gasteiger partial charge in [0.15, 0.2) is 0 Å². The van der Waals surface area contributed by atoms with Gasteiger partial charge in [0.1, 0.15) is 11.9 Å². The molecule has 94 valence electrons. The zero-order valence-electron chi connectivity index (χ0n) is 9.62. The lowest BCUT2D eigenvalue weighted by Crippen LogP contribution is -2.01. The summed E-state index contributed by atoms with van der Waals surface area (Å²) in [7, 11) is 0. The first-order chi connectivity index (χ1) is 8.47. The summed E-state index contributed by atoms with van der Waals surface area (Å²) >= 11 is 6.73. The van der Waals surface area contributed by atoms with Crippen molar-refractivity contribution in [1.82, 2.24) is 0 Å². The minimum atomic E-state index is -0.839. The Morgan fingerprint density at radius 3 is 2.17 bits per heavy atom. The standard InChI is InChI=1S/C14H11Br2FO/c1-8-2-3-9(6-13(8)17)14(18)10-4-11(15)7-12(16)5-10/h2-7,14,18H,1H3. The van der Waals surface area contributed by atoms with Gasteiger partial charge < -0.3 is 5.11 Å². The summed E-state index contributed by atoms with van der Waals surface area (Å²) < 4.78 is 15.2. The van der Waals surface area contributed by atoms with E-state index in [4.69, 9.17) is 0 Å². The summed E-state index contributed by atoms with van der Waals surface area (Å²) in [6.45, 7) is 1.70. The maximum atomic E-state index is 13.5. The Morgan fingerprint density at radius 1 is 1.00 bits per heavy atom. The molecule has 0 radical (unpaired) electrons. The predicted molar refractivity (Wildman–Crippen MR) is 77.0 cm³/mol. The van der Waals surface area contributed by atoms with Crippen molar-refractivity contribution in [2.24, 2.45) is 0 Å². The fourth-order valence-electron chi connectivity index (χ4n) is 1.70. The van der Waals surface area contributed by atoms with Gasteiger partial charge in [0, 0.05) is 8.95 Å². The van der Waals surface area contributed by atoms with Crippen LogP contribution in [-0.2, 0) is 0 Å². The van der Waals surface area contributed by atoms with Crippen molar-refractivity contribution in [2.75, 3.05) is 0 Å². The number of aliphatic hydroxyl groups is 1. The first kappa shape index (κ1) is 13.7. The van der Waals surface area contributed by atoms with Gasteiger partial charge in [0.25, 0.3) is 0 Å². The first-order valence-electron chi connectivity index (χ1n) is 5.37. The second-order valence-corrected chi connectivity index (χ2v) is 5.95. The highest BCUT2D eigenvalue weighted by molar-refractivity contribution is 9.11. The predicted octanol–water partition coefficient (Wildman–Crippen LogP) is 4.74. The Bertz CT molecular complexity index is 564. The van der Waals surface area contributed by atoms with E-state index in [9.17, 15) is 9.50 Å². The minimum Gasteiger partial charge on any atom is -0.384 e. The second kappa shape index (κ2) is 5.51. The van der Waals surface area contributed by atoms with E-state index in [-0.39, 0.29) is 5.82 Å². The smallest absolute Gasteiger partial charge is 0.126 e. The van der Waals surface area contributed by atoms with Gasteiger partial charge in [-0.15, -0.1) is 0 Å². The third-order valence-corrected chi connectivity index (χ3v) is 3.63. The van der Waals surface area contributed by atoms with E-state index >= 15 is 0 Å². The Morgan fingerprint density at radius 2 is 1.61 bits per heavy atom. The molecular formula is C14H11Br2FO. The molecule has 0 aliphatic heterocycles. The largest absolute Gasteiger partial charge is 0.384 e. The summed E-state index contributed by atoms with van der Waals surface area (Å²) in [5, 5.41) is 10.2. The summed E-state index contributed by atoms with van der Waals surface area (Å²) in [6, 6.07) is 10.3. The number of aryl methyl sites for hydroxylation is 1. The van der Waals surface area contributed by atoms with Crippen molar-refractivity contribution in [3.8, 4) is 0 Å². The van der Waals surface area contributed by atoms with Crippen LogP contribution in [0.5, 0.6) is 0 Å². The van der Waals surface area contributed by atoms with E-state index in [0.29, 0.717) is 16.7 Å². The van der Waals surface area contributed by atoms with Gasteiger partial charge in [0.2, 0.25) is 0 Å². The van der Waals surface area contributed by atoms with Crippen LogP contribution in [0.2, 0.25) is 0 Å². The molecule has 0 spiro atoms. The normalized spacial score (nSPS) is 12.5. The lowest BCUT2D eigenvalue weighted by molar-refractivity contribution is 0.219. The van der Waals surface area contributed by atoms with Crippen LogP contribution >= 0.6 is 31.9 Å². The molecular weight excluding hydrogens is 363 g/mol. The molecule has 0 aliphatic rings. The van der Waals surface area contributed by atoms with Crippen LogP contribution in [-0.4, -0.2) is 5.11 Å². The molecule has 0 aromatic heterocycles. The van der Waals surface area contributed by atoms with Crippen LogP contribution in [0.15, 0.2) is 45.3 Å². The molecule has 2 rings (SSSR count). The Balaban J connectivity index is 2.40. The molecule has 1 nitrogen and oxygen atoms in total. The molecule has 18 heavy (non-hydrogen) atoms. The number of rotatable bonds is 2. The van der Waals surface area contributed by atoms with Gasteiger partial charge >= 0.3 is 0 Å². The molecule has 0 bridgehead atoms. The van der Waals surface area contributed by atoms with Crippen LogP contribution in [0, 0.1) is 12.7 Å². The minimum absolute atomic E-state index is 0.305. The highest BCUT2D eigenvalue weighted by atomic mass is 79.9. The van der Waals surface area contributed by atoms with Crippen molar-refractivity contribution >= 4 is 31.9 Å². The van der Waals surface area contributed by atoms with Crippen LogP contribution in [0.1, 0.15) is 22.8 Å². The molecule has 1 atom stereocenters.